The van der Waals surface area contributed by atoms with Crippen LogP contribution in [-0.4, -0.2) is 24.4 Å². The average Bonchev–Trinajstić information content (AvgIpc) is 2.94. The Balaban J connectivity index is 1.81. The molecule has 8 heteroatoms. The van der Waals surface area contributed by atoms with E-state index in [1.165, 1.54) is 0 Å². The Bertz CT molecular complexity index is 1300. The van der Waals surface area contributed by atoms with Crippen LogP contribution >= 0.6 is 11.6 Å². The maximum absolute atomic E-state index is 12.7. The fraction of sp³-hybridized carbons (Fsp3) is 0.227. The molecule has 0 saturated carbocycles. The first kappa shape index (κ1) is 20.1. The molecule has 0 amide bonds. The summed E-state index contributed by atoms with van der Waals surface area (Å²) < 4.78 is 3.44. The summed E-state index contributed by atoms with van der Waals surface area (Å²) >= 11 is 6.34. The van der Waals surface area contributed by atoms with Crippen LogP contribution in [0.3, 0.4) is 0 Å². The van der Waals surface area contributed by atoms with Crippen molar-refractivity contribution in [2.45, 2.75) is 26.0 Å². The maximum Gasteiger partial charge on any atom is 0.274 e. The van der Waals surface area contributed by atoms with E-state index in [2.05, 4.69) is 9.97 Å². The molecule has 0 bridgehead atoms. The van der Waals surface area contributed by atoms with Crippen LogP contribution < -0.4 is 11.3 Å². The molecule has 7 nitrogen and oxygen atoms in total. The summed E-state index contributed by atoms with van der Waals surface area (Å²) in [5.74, 6) is 0.347. The molecule has 0 spiro atoms. The number of hydrogen-bond donors (Lipinski definition) is 2. The molecule has 0 aliphatic rings. The van der Waals surface area contributed by atoms with Gasteiger partial charge in [0.1, 0.15) is 5.60 Å². The molecule has 0 atom stereocenters. The minimum atomic E-state index is -1.11. The Morgan fingerprint density at radius 3 is 2.47 bits per heavy atom. The van der Waals surface area contributed by atoms with Gasteiger partial charge >= 0.3 is 0 Å². The zero-order valence-electron chi connectivity index (χ0n) is 16.9. The van der Waals surface area contributed by atoms with Gasteiger partial charge in [-0.1, -0.05) is 17.7 Å². The number of nitrogens with two attached hydrogens (primary N) is 1. The molecule has 2 aromatic heterocycles. The van der Waals surface area contributed by atoms with Gasteiger partial charge in [0.15, 0.2) is 5.82 Å². The van der Waals surface area contributed by atoms with Gasteiger partial charge in [-0.2, -0.15) is 0 Å². The summed E-state index contributed by atoms with van der Waals surface area (Å²) in [6, 6.07) is 10.9. The van der Waals surface area contributed by atoms with Crippen molar-refractivity contribution < 1.29 is 5.11 Å². The Kier molecular flexibility index (Phi) is 4.88. The topological polar surface area (TPSA) is 99.0 Å². The Morgan fingerprint density at radius 1 is 1.10 bits per heavy atom. The lowest BCUT2D eigenvalue weighted by Crippen LogP contribution is -2.19. The van der Waals surface area contributed by atoms with E-state index >= 15 is 0 Å². The van der Waals surface area contributed by atoms with Crippen molar-refractivity contribution in [2.24, 2.45) is 7.05 Å². The highest BCUT2D eigenvalue weighted by molar-refractivity contribution is 6.31. The highest BCUT2D eigenvalue weighted by atomic mass is 35.5. The highest BCUT2D eigenvalue weighted by Gasteiger charge is 2.19. The molecule has 4 rings (SSSR count). The summed E-state index contributed by atoms with van der Waals surface area (Å²) in [5, 5.41) is 11.3. The van der Waals surface area contributed by atoms with Crippen LogP contribution in [-0.2, 0) is 19.2 Å². The highest BCUT2D eigenvalue weighted by Crippen LogP contribution is 2.26. The molecule has 0 saturated heterocycles. The lowest BCUT2D eigenvalue weighted by Gasteiger charge is -2.15. The molecule has 0 fully saturated rings. The van der Waals surface area contributed by atoms with Crippen LogP contribution in [0.5, 0.6) is 0 Å². The molecule has 0 aliphatic heterocycles. The quantitative estimate of drug-likeness (QED) is 0.490. The standard InChI is InChI=1S/C22H22ClN5O2/c1-22(2,30)21-25-10-15(11-26-21)13-4-6-17-19(9-13)28(27(3)20(17)29)12-14-8-16(24)5-7-18(14)23/h4-11,30H,12,24H2,1-3H3. The van der Waals surface area contributed by atoms with Gasteiger partial charge in [-0.05, 0) is 55.3 Å². The SMILES string of the molecule is Cn1c(=O)c2ccc(-c3cnc(C(C)(C)O)nc3)cc2n1Cc1cc(N)ccc1Cl. The van der Waals surface area contributed by atoms with E-state index in [1.807, 2.05) is 22.9 Å². The van der Waals surface area contributed by atoms with E-state index in [0.29, 0.717) is 28.5 Å². The van der Waals surface area contributed by atoms with Gasteiger partial charge in [0.25, 0.3) is 5.56 Å². The minimum Gasteiger partial charge on any atom is -0.399 e. The lowest BCUT2D eigenvalue weighted by molar-refractivity contribution is 0.0687. The summed E-state index contributed by atoms with van der Waals surface area (Å²) in [6.45, 7) is 3.67. The van der Waals surface area contributed by atoms with Crippen LogP contribution in [0.2, 0.25) is 5.02 Å². The van der Waals surface area contributed by atoms with E-state index in [4.69, 9.17) is 17.3 Å². The van der Waals surface area contributed by atoms with Crippen molar-refractivity contribution in [2.75, 3.05) is 5.73 Å². The molecule has 2 aromatic carbocycles. The number of anilines is 1. The minimum absolute atomic E-state index is 0.0924. The van der Waals surface area contributed by atoms with Crippen molar-refractivity contribution >= 4 is 28.2 Å². The van der Waals surface area contributed by atoms with Gasteiger partial charge in [-0.3, -0.25) is 14.2 Å². The lowest BCUT2D eigenvalue weighted by atomic mass is 10.1. The molecular formula is C22H22ClN5O2. The third-order valence-electron chi connectivity index (χ3n) is 5.08. The number of nitrogens with zero attached hydrogens (tertiary/aromatic N) is 4. The van der Waals surface area contributed by atoms with Gasteiger partial charge in [0.05, 0.1) is 17.4 Å². The average molecular weight is 424 g/mol. The summed E-state index contributed by atoms with van der Waals surface area (Å²) in [6.07, 6.45) is 3.34. The van der Waals surface area contributed by atoms with Crippen molar-refractivity contribution in [3.8, 4) is 11.1 Å². The van der Waals surface area contributed by atoms with Gasteiger partial charge in [0.2, 0.25) is 0 Å². The molecule has 0 aliphatic carbocycles. The molecule has 0 radical (unpaired) electrons. The number of aliphatic hydroxyl groups is 1. The first-order chi connectivity index (χ1) is 14.1. The molecular weight excluding hydrogens is 402 g/mol. The van der Waals surface area contributed by atoms with Crippen molar-refractivity contribution in [1.82, 2.24) is 19.3 Å². The number of benzene rings is 2. The predicted molar refractivity (Wildman–Crippen MR) is 118 cm³/mol. The second-order valence-corrected chi connectivity index (χ2v) is 8.23. The molecule has 4 aromatic rings. The van der Waals surface area contributed by atoms with Gasteiger partial charge in [-0.25, -0.2) is 9.97 Å². The fourth-order valence-electron chi connectivity index (χ4n) is 3.41. The second-order valence-electron chi connectivity index (χ2n) is 7.82. The van der Waals surface area contributed by atoms with E-state index in [9.17, 15) is 9.90 Å². The van der Waals surface area contributed by atoms with Crippen molar-refractivity contribution in [3.63, 3.8) is 0 Å². The molecule has 2 heterocycles. The van der Waals surface area contributed by atoms with E-state index in [0.717, 1.165) is 22.2 Å². The maximum atomic E-state index is 12.7. The summed E-state index contributed by atoms with van der Waals surface area (Å²) in [5.41, 5.74) is 8.56. The first-order valence-electron chi connectivity index (χ1n) is 9.44. The summed E-state index contributed by atoms with van der Waals surface area (Å²) in [4.78, 5) is 21.3. The third kappa shape index (κ3) is 3.58. The number of fused-ring (bicyclic) bond motifs is 1. The van der Waals surface area contributed by atoms with Crippen LogP contribution in [0.25, 0.3) is 22.0 Å². The van der Waals surface area contributed by atoms with Gasteiger partial charge in [0, 0.05) is 35.7 Å². The molecule has 0 unspecified atom stereocenters. The van der Waals surface area contributed by atoms with Crippen molar-refractivity contribution in [3.05, 3.63) is 75.6 Å². The zero-order chi connectivity index (χ0) is 21.6. The van der Waals surface area contributed by atoms with Crippen LogP contribution in [0.4, 0.5) is 5.69 Å². The number of hydrogen-bond acceptors (Lipinski definition) is 5. The Labute approximate surface area is 178 Å². The Morgan fingerprint density at radius 2 is 1.80 bits per heavy atom. The Hall–Kier alpha value is -3.16. The third-order valence-corrected chi connectivity index (χ3v) is 5.45. The summed E-state index contributed by atoms with van der Waals surface area (Å²) in [7, 11) is 1.73. The van der Waals surface area contributed by atoms with E-state index in [1.54, 1.807) is 56.2 Å². The number of halogens is 1. The first-order valence-corrected chi connectivity index (χ1v) is 9.81. The number of nitrogen functional groups attached to an aromatic ring is 1. The molecule has 30 heavy (non-hydrogen) atoms. The smallest absolute Gasteiger partial charge is 0.274 e. The normalized spacial score (nSPS) is 11.9. The predicted octanol–water partition coefficient (Wildman–Crippen LogP) is 3.31. The zero-order valence-corrected chi connectivity index (χ0v) is 17.7. The van der Waals surface area contributed by atoms with Gasteiger partial charge in [-0.15, -0.1) is 0 Å². The second kappa shape index (κ2) is 7.27. The van der Waals surface area contributed by atoms with Crippen LogP contribution in [0, 0.1) is 0 Å². The molecule has 154 valence electrons. The van der Waals surface area contributed by atoms with Crippen LogP contribution in [0.1, 0.15) is 25.2 Å². The van der Waals surface area contributed by atoms with Gasteiger partial charge < -0.3 is 10.8 Å². The fourth-order valence-corrected chi connectivity index (χ4v) is 3.59. The van der Waals surface area contributed by atoms with Crippen LogP contribution in [0.15, 0.2) is 53.6 Å². The monoisotopic (exact) mass is 423 g/mol. The number of rotatable bonds is 4. The molecule has 3 N–H and O–H groups in total. The van der Waals surface area contributed by atoms with E-state index in [-0.39, 0.29) is 5.56 Å². The number of aromatic nitrogens is 4. The van der Waals surface area contributed by atoms with E-state index < -0.39 is 5.60 Å². The largest absolute Gasteiger partial charge is 0.399 e. The van der Waals surface area contributed by atoms with Crippen molar-refractivity contribution in [1.29, 1.82) is 0 Å².